The lowest BCUT2D eigenvalue weighted by Gasteiger charge is -2.36. The summed E-state index contributed by atoms with van der Waals surface area (Å²) in [5.41, 5.74) is -1.78. The van der Waals surface area contributed by atoms with Crippen molar-refractivity contribution in [3.63, 3.8) is 0 Å². The SMILES string of the molecule is OC1(c2ccc(F)c(F)c2F)COC1. The smallest absolute Gasteiger partial charge is 0.194 e. The topological polar surface area (TPSA) is 29.5 Å². The summed E-state index contributed by atoms with van der Waals surface area (Å²) in [5.74, 6) is -4.19. The zero-order valence-electron chi connectivity index (χ0n) is 7.06. The fourth-order valence-corrected chi connectivity index (χ4v) is 1.34. The minimum atomic E-state index is -1.57. The molecule has 0 radical (unpaired) electrons. The van der Waals surface area contributed by atoms with Gasteiger partial charge in [0.05, 0.1) is 13.2 Å². The quantitative estimate of drug-likeness (QED) is 0.699. The first-order valence-corrected chi connectivity index (χ1v) is 3.99. The summed E-state index contributed by atoms with van der Waals surface area (Å²) >= 11 is 0. The molecular formula is C9H7F3O2. The monoisotopic (exact) mass is 204 g/mol. The molecule has 1 heterocycles. The third-order valence-electron chi connectivity index (χ3n) is 2.22. The number of hydrogen-bond acceptors (Lipinski definition) is 2. The van der Waals surface area contributed by atoms with Gasteiger partial charge in [0.15, 0.2) is 17.5 Å². The molecule has 76 valence electrons. The van der Waals surface area contributed by atoms with Crippen molar-refractivity contribution in [3.8, 4) is 0 Å². The van der Waals surface area contributed by atoms with Gasteiger partial charge in [0.25, 0.3) is 0 Å². The lowest BCUT2D eigenvalue weighted by Crippen LogP contribution is -2.47. The number of benzene rings is 1. The van der Waals surface area contributed by atoms with Crippen LogP contribution in [0.25, 0.3) is 0 Å². The van der Waals surface area contributed by atoms with Gasteiger partial charge in [-0.1, -0.05) is 0 Å². The molecule has 5 heteroatoms. The predicted molar refractivity (Wildman–Crippen MR) is 41.0 cm³/mol. The van der Waals surface area contributed by atoms with Crippen molar-refractivity contribution < 1.29 is 23.0 Å². The van der Waals surface area contributed by atoms with E-state index in [2.05, 4.69) is 4.74 Å². The molecule has 1 aliphatic heterocycles. The van der Waals surface area contributed by atoms with Crippen LogP contribution >= 0.6 is 0 Å². The molecule has 0 spiro atoms. The molecule has 0 unspecified atom stereocenters. The highest BCUT2D eigenvalue weighted by molar-refractivity contribution is 5.28. The van der Waals surface area contributed by atoms with E-state index in [0.717, 1.165) is 12.1 Å². The largest absolute Gasteiger partial charge is 0.380 e. The Morgan fingerprint density at radius 3 is 2.29 bits per heavy atom. The first-order valence-electron chi connectivity index (χ1n) is 3.99. The molecular weight excluding hydrogens is 197 g/mol. The summed E-state index contributed by atoms with van der Waals surface area (Å²) in [6.07, 6.45) is 0. The van der Waals surface area contributed by atoms with E-state index >= 15 is 0 Å². The molecule has 0 saturated carbocycles. The van der Waals surface area contributed by atoms with Crippen LogP contribution < -0.4 is 0 Å². The number of hydrogen-bond donors (Lipinski definition) is 1. The summed E-state index contributed by atoms with van der Waals surface area (Å²) in [6.45, 7) is -0.204. The number of aliphatic hydroxyl groups is 1. The molecule has 2 rings (SSSR count). The van der Waals surface area contributed by atoms with Crippen LogP contribution in [0.4, 0.5) is 13.2 Å². The molecule has 1 saturated heterocycles. The van der Waals surface area contributed by atoms with Crippen LogP contribution in [-0.4, -0.2) is 18.3 Å². The molecule has 0 aliphatic carbocycles. The van der Waals surface area contributed by atoms with E-state index in [-0.39, 0.29) is 18.8 Å². The minimum Gasteiger partial charge on any atom is -0.380 e. The average Bonchev–Trinajstić information content (AvgIpc) is 2.11. The molecule has 0 atom stereocenters. The first kappa shape index (κ1) is 9.48. The molecule has 1 N–H and O–H groups in total. The zero-order chi connectivity index (χ0) is 10.3. The van der Waals surface area contributed by atoms with Crippen molar-refractivity contribution in [1.82, 2.24) is 0 Å². The highest BCUT2D eigenvalue weighted by Crippen LogP contribution is 2.32. The summed E-state index contributed by atoms with van der Waals surface area (Å²) in [6, 6.07) is 1.81. The van der Waals surface area contributed by atoms with Gasteiger partial charge in [0.1, 0.15) is 5.60 Å². The van der Waals surface area contributed by atoms with Crippen LogP contribution in [0.3, 0.4) is 0 Å². The van der Waals surface area contributed by atoms with E-state index < -0.39 is 23.1 Å². The second kappa shape index (κ2) is 2.96. The highest BCUT2D eigenvalue weighted by Gasteiger charge is 2.41. The van der Waals surface area contributed by atoms with Crippen molar-refractivity contribution >= 4 is 0 Å². The van der Waals surface area contributed by atoms with Gasteiger partial charge < -0.3 is 9.84 Å². The maximum Gasteiger partial charge on any atom is 0.194 e. The minimum absolute atomic E-state index is 0.102. The predicted octanol–water partition coefficient (Wildman–Crippen LogP) is 1.32. The van der Waals surface area contributed by atoms with Crippen LogP contribution in [0.15, 0.2) is 12.1 Å². The van der Waals surface area contributed by atoms with Crippen molar-refractivity contribution in [1.29, 1.82) is 0 Å². The van der Waals surface area contributed by atoms with E-state index in [4.69, 9.17) is 0 Å². The Labute approximate surface area is 77.9 Å². The van der Waals surface area contributed by atoms with E-state index in [1.165, 1.54) is 0 Å². The summed E-state index contributed by atoms with van der Waals surface area (Å²) < 4.78 is 43.2. The van der Waals surface area contributed by atoms with Gasteiger partial charge in [-0.2, -0.15) is 0 Å². The van der Waals surface area contributed by atoms with E-state index in [9.17, 15) is 18.3 Å². The molecule has 1 aromatic carbocycles. The van der Waals surface area contributed by atoms with Gasteiger partial charge in [0.2, 0.25) is 0 Å². The fourth-order valence-electron chi connectivity index (χ4n) is 1.34. The number of rotatable bonds is 1. The third kappa shape index (κ3) is 1.20. The van der Waals surface area contributed by atoms with Gasteiger partial charge in [-0.25, -0.2) is 13.2 Å². The van der Waals surface area contributed by atoms with E-state index in [1.54, 1.807) is 0 Å². The zero-order valence-corrected chi connectivity index (χ0v) is 7.06. The normalized spacial score (nSPS) is 19.1. The Morgan fingerprint density at radius 2 is 1.79 bits per heavy atom. The third-order valence-corrected chi connectivity index (χ3v) is 2.22. The Balaban J connectivity index is 2.49. The Morgan fingerprint density at radius 1 is 1.14 bits per heavy atom. The van der Waals surface area contributed by atoms with Gasteiger partial charge in [0, 0.05) is 5.56 Å². The molecule has 14 heavy (non-hydrogen) atoms. The van der Waals surface area contributed by atoms with Crippen molar-refractivity contribution in [2.24, 2.45) is 0 Å². The van der Waals surface area contributed by atoms with Crippen molar-refractivity contribution in [3.05, 3.63) is 35.1 Å². The van der Waals surface area contributed by atoms with E-state index in [0.29, 0.717) is 0 Å². The average molecular weight is 204 g/mol. The van der Waals surface area contributed by atoms with E-state index in [1.807, 2.05) is 0 Å². The standard InChI is InChI=1S/C9H7F3O2/c10-6-2-1-5(7(11)8(6)12)9(13)3-14-4-9/h1-2,13H,3-4H2. The van der Waals surface area contributed by atoms with Gasteiger partial charge in [-0.15, -0.1) is 0 Å². The lowest BCUT2D eigenvalue weighted by molar-refractivity contribution is -0.186. The maximum atomic E-state index is 13.1. The molecule has 2 nitrogen and oxygen atoms in total. The second-order valence-electron chi connectivity index (χ2n) is 3.25. The summed E-state index contributed by atoms with van der Waals surface area (Å²) in [7, 11) is 0. The van der Waals surface area contributed by atoms with Crippen LogP contribution in [0.2, 0.25) is 0 Å². The molecule has 1 aromatic rings. The van der Waals surface area contributed by atoms with Crippen LogP contribution in [-0.2, 0) is 10.3 Å². The molecule has 0 bridgehead atoms. The number of halogens is 3. The fraction of sp³-hybridized carbons (Fsp3) is 0.333. The van der Waals surface area contributed by atoms with Crippen molar-refractivity contribution in [2.75, 3.05) is 13.2 Å². The first-order chi connectivity index (χ1) is 6.54. The Bertz CT molecular complexity index is 375. The van der Waals surface area contributed by atoms with Gasteiger partial charge >= 0.3 is 0 Å². The molecule has 1 fully saturated rings. The van der Waals surface area contributed by atoms with Crippen LogP contribution in [0, 0.1) is 17.5 Å². The Kier molecular flexibility index (Phi) is 2.01. The van der Waals surface area contributed by atoms with Gasteiger partial charge in [-0.3, -0.25) is 0 Å². The lowest BCUT2D eigenvalue weighted by atomic mass is 9.91. The maximum absolute atomic E-state index is 13.1. The summed E-state index contributed by atoms with van der Waals surface area (Å²) in [5, 5.41) is 9.62. The second-order valence-corrected chi connectivity index (χ2v) is 3.25. The molecule has 0 amide bonds. The highest BCUT2D eigenvalue weighted by atomic mass is 19.2. The van der Waals surface area contributed by atoms with Crippen molar-refractivity contribution in [2.45, 2.75) is 5.60 Å². The molecule has 0 aromatic heterocycles. The summed E-state index contributed by atoms with van der Waals surface area (Å²) in [4.78, 5) is 0. The molecule has 1 aliphatic rings. The number of ether oxygens (including phenoxy) is 1. The Hall–Kier alpha value is -1.07. The van der Waals surface area contributed by atoms with Crippen LogP contribution in [0.1, 0.15) is 5.56 Å². The van der Waals surface area contributed by atoms with Gasteiger partial charge in [-0.05, 0) is 12.1 Å². The van der Waals surface area contributed by atoms with Crippen LogP contribution in [0.5, 0.6) is 0 Å².